The SMILES string of the molecule is CC(C)CCC(=O)CC(=O)C(C)C. The van der Waals surface area contributed by atoms with Crippen LogP contribution >= 0.6 is 0 Å². The highest BCUT2D eigenvalue weighted by molar-refractivity contribution is 5.99. The van der Waals surface area contributed by atoms with Gasteiger partial charge in [-0.1, -0.05) is 27.7 Å². The zero-order chi connectivity index (χ0) is 10.4. The van der Waals surface area contributed by atoms with Crippen LogP contribution in [0.15, 0.2) is 0 Å². The molecule has 0 rings (SSSR count). The second-order valence-corrected chi connectivity index (χ2v) is 4.27. The number of carbonyl (C=O) groups excluding carboxylic acids is 2. The molecule has 2 heteroatoms. The monoisotopic (exact) mass is 184 g/mol. The predicted octanol–water partition coefficient (Wildman–Crippen LogP) is 2.61. The molecule has 0 aliphatic carbocycles. The van der Waals surface area contributed by atoms with E-state index in [1.54, 1.807) is 0 Å². The number of hydrogen-bond acceptors (Lipinski definition) is 2. The molecule has 13 heavy (non-hydrogen) atoms. The molecule has 0 aromatic carbocycles. The first-order valence-electron chi connectivity index (χ1n) is 4.98. The van der Waals surface area contributed by atoms with Crippen molar-refractivity contribution in [3.8, 4) is 0 Å². The minimum absolute atomic E-state index is 0.0111. The van der Waals surface area contributed by atoms with E-state index >= 15 is 0 Å². The molecule has 2 nitrogen and oxygen atoms in total. The summed E-state index contributed by atoms with van der Waals surface area (Å²) in [6.45, 7) is 7.82. The largest absolute Gasteiger partial charge is 0.299 e. The molecular weight excluding hydrogens is 164 g/mol. The number of Topliss-reactive ketones (excluding diaryl/α,β-unsaturated/α-hetero) is 2. The fourth-order valence-electron chi connectivity index (χ4n) is 0.937. The van der Waals surface area contributed by atoms with Crippen molar-refractivity contribution in [2.24, 2.45) is 11.8 Å². The van der Waals surface area contributed by atoms with Gasteiger partial charge >= 0.3 is 0 Å². The van der Waals surface area contributed by atoms with Gasteiger partial charge in [-0.15, -0.1) is 0 Å². The summed E-state index contributed by atoms with van der Waals surface area (Å²) in [5, 5.41) is 0. The molecule has 0 aromatic heterocycles. The minimum Gasteiger partial charge on any atom is -0.299 e. The normalized spacial score (nSPS) is 10.9. The third-order valence-electron chi connectivity index (χ3n) is 2.02. The summed E-state index contributed by atoms with van der Waals surface area (Å²) in [6.07, 6.45) is 1.57. The number of rotatable bonds is 6. The van der Waals surface area contributed by atoms with E-state index in [0.29, 0.717) is 12.3 Å². The fourth-order valence-corrected chi connectivity index (χ4v) is 0.937. The van der Waals surface area contributed by atoms with E-state index in [1.807, 2.05) is 13.8 Å². The van der Waals surface area contributed by atoms with Gasteiger partial charge in [-0.2, -0.15) is 0 Å². The standard InChI is InChI=1S/C11H20O2/c1-8(2)5-6-10(12)7-11(13)9(3)4/h8-9H,5-7H2,1-4H3. The number of hydrogen-bond donors (Lipinski definition) is 0. The Morgan fingerprint density at radius 1 is 1.08 bits per heavy atom. The first-order valence-corrected chi connectivity index (χ1v) is 4.98. The van der Waals surface area contributed by atoms with Crippen molar-refractivity contribution in [1.82, 2.24) is 0 Å². The van der Waals surface area contributed by atoms with Gasteiger partial charge in [0.1, 0.15) is 11.6 Å². The summed E-state index contributed by atoms with van der Waals surface area (Å²) in [5.41, 5.74) is 0. The highest BCUT2D eigenvalue weighted by Gasteiger charge is 2.12. The van der Waals surface area contributed by atoms with Crippen molar-refractivity contribution in [3.63, 3.8) is 0 Å². The van der Waals surface area contributed by atoms with Crippen LogP contribution in [0.2, 0.25) is 0 Å². The molecular formula is C11H20O2. The van der Waals surface area contributed by atoms with E-state index in [-0.39, 0.29) is 23.9 Å². The predicted molar refractivity (Wildman–Crippen MR) is 53.5 cm³/mol. The molecule has 0 saturated heterocycles. The molecule has 0 heterocycles. The Hall–Kier alpha value is -0.660. The second kappa shape index (κ2) is 5.90. The summed E-state index contributed by atoms with van der Waals surface area (Å²) >= 11 is 0. The molecule has 0 atom stereocenters. The Kier molecular flexibility index (Phi) is 5.60. The van der Waals surface area contributed by atoms with Crippen LogP contribution in [-0.4, -0.2) is 11.6 Å². The molecule has 0 amide bonds. The second-order valence-electron chi connectivity index (χ2n) is 4.27. The van der Waals surface area contributed by atoms with Gasteiger partial charge in [0.2, 0.25) is 0 Å². The van der Waals surface area contributed by atoms with Crippen LogP contribution in [-0.2, 0) is 9.59 Å². The average molecular weight is 184 g/mol. The van der Waals surface area contributed by atoms with Crippen molar-refractivity contribution >= 4 is 11.6 Å². The molecule has 0 N–H and O–H groups in total. The van der Waals surface area contributed by atoms with Crippen LogP contribution in [0.25, 0.3) is 0 Å². The van der Waals surface area contributed by atoms with Crippen LogP contribution in [0.5, 0.6) is 0 Å². The van der Waals surface area contributed by atoms with Gasteiger partial charge in [-0.25, -0.2) is 0 Å². The zero-order valence-corrected chi connectivity index (χ0v) is 9.09. The van der Waals surface area contributed by atoms with E-state index in [1.165, 1.54) is 0 Å². The molecule has 0 aliphatic heterocycles. The van der Waals surface area contributed by atoms with E-state index in [0.717, 1.165) is 6.42 Å². The maximum absolute atomic E-state index is 11.2. The summed E-state index contributed by atoms with van der Waals surface area (Å²) in [5.74, 6) is 0.683. The molecule has 0 aromatic rings. The van der Waals surface area contributed by atoms with Crippen molar-refractivity contribution < 1.29 is 9.59 Å². The fraction of sp³-hybridized carbons (Fsp3) is 0.818. The molecule has 0 saturated carbocycles. The van der Waals surface area contributed by atoms with E-state index in [9.17, 15) is 9.59 Å². The molecule has 0 radical (unpaired) electrons. The molecule has 0 spiro atoms. The van der Waals surface area contributed by atoms with Crippen LogP contribution < -0.4 is 0 Å². The molecule has 0 fully saturated rings. The summed E-state index contributed by atoms with van der Waals surface area (Å²) in [4.78, 5) is 22.4. The maximum Gasteiger partial charge on any atom is 0.142 e. The van der Waals surface area contributed by atoms with Gasteiger partial charge in [0.05, 0.1) is 6.42 Å². The van der Waals surface area contributed by atoms with Gasteiger partial charge in [-0.05, 0) is 12.3 Å². The Labute approximate surface area is 80.7 Å². The molecule has 0 aliphatic rings. The van der Waals surface area contributed by atoms with Crippen LogP contribution in [0.3, 0.4) is 0 Å². The topological polar surface area (TPSA) is 34.1 Å². The Morgan fingerprint density at radius 2 is 1.62 bits per heavy atom. The molecule has 0 unspecified atom stereocenters. The van der Waals surface area contributed by atoms with Crippen molar-refractivity contribution in [2.45, 2.75) is 47.0 Å². The lowest BCUT2D eigenvalue weighted by Crippen LogP contribution is -2.13. The minimum atomic E-state index is -0.0111. The third-order valence-corrected chi connectivity index (χ3v) is 2.02. The van der Waals surface area contributed by atoms with Gasteiger partial charge in [0.15, 0.2) is 0 Å². The Bertz CT molecular complexity index is 181. The third kappa shape index (κ3) is 6.50. The molecule has 76 valence electrons. The van der Waals surface area contributed by atoms with Crippen LogP contribution in [0.4, 0.5) is 0 Å². The number of ketones is 2. The Balaban J connectivity index is 3.69. The van der Waals surface area contributed by atoms with Crippen LogP contribution in [0, 0.1) is 11.8 Å². The van der Waals surface area contributed by atoms with E-state index < -0.39 is 0 Å². The highest BCUT2D eigenvalue weighted by Crippen LogP contribution is 2.07. The van der Waals surface area contributed by atoms with E-state index in [4.69, 9.17) is 0 Å². The van der Waals surface area contributed by atoms with Gasteiger partial charge in [0.25, 0.3) is 0 Å². The highest BCUT2D eigenvalue weighted by atomic mass is 16.1. The van der Waals surface area contributed by atoms with Crippen LogP contribution in [0.1, 0.15) is 47.0 Å². The average Bonchev–Trinajstić information content (AvgIpc) is 2.00. The summed E-state index contributed by atoms with van der Waals surface area (Å²) in [7, 11) is 0. The van der Waals surface area contributed by atoms with Crippen molar-refractivity contribution in [1.29, 1.82) is 0 Å². The lowest BCUT2D eigenvalue weighted by Gasteiger charge is -2.04. The molecule has 0 bridgehead atoms. The van der Waals surface area contributed by atoms with Gasteiger partial charge < -0.3 is 0 Å². The zero-order valence-electron chi connectivity index (χ0n) is 9.09. The number of carbonyl (C=O) groups is 2. The first-order chi connectivity index (χ1) is 5.93. The van der Waals surface area contributed by atoms with Gasteiger partial charge in [-0.3, -0.25) is 9.59 Å². The lowest BCUT2D eigenvalue weighted by atomic mass is 9.99. The maximum atomic E-state index is 11.2. The first kappa shape index (κ1) is 12.3. The smallest absolute Gasteiger partial charge is 0.142 e. The summed E-state index contributed by atoms with van der Waals surface area (Å²) < 4.78 is 0. The van der Waals surface area contributed by atoms with Crippen molar-refractivity contribution in [3.05, 3.63) is 0 Å². The lowest BCUT2D eigenvalue weighted by molar-refractivity contribution is -0.128. The quantitative estimate of drug-likeness (QED) is 0.595. The summed E-state index contributed by atoms with van der Waals surface area (Å²) in [6, 6.07) is 0. The van der Waals surface area contributed by atoms with Gasteiger partial charge in [0, 0.05) is 12.3 Å². The van der Waals surface area contributed by atoms with E-state index in [2.05, 4.69) is 13.8 Å². The van der Waals surface area contributed by atoms with Crippen molar-refractivity contribution in [2.75, 3.05) is 0 Å². The Morgan fingerprint density at radius 3 is 2.00 bits per heavy atom.